The van der Waals surface area contributed by atoms with Gasteiger partial charge in [-0.05, 0) is 185 Å². The predicted molar refractivity (Wildman–Crippen MR) is 386 cm³/mol. The zero-order valence-electron chi connectivity index (χ0n) is 63.5. The predicted octanol–water partition coefficient (Wildman–Crippen LogP) is 22.2. The second-order valence-corrected chi connectivity index (χ2v) is 36.5. The van der Waals surface area contributed by atoms with Crippen molar-refractivity contribution in [1.29, 1.82) is 0 Å². The van der Waals surface area contributed by atoms with Gasteiger partial charge in [0, 0.05) is 35.9 Å². The fraction of sp³-hybridized carbons (Fsp3) is 0.927. The fourth-order valence-electron chi connectivity index (χ4n) is 23.6. The molecule has 0 aromatic heterocycles. The van der Waals surface area contributed by atoms with Crippen molar-refractivity contribution in [3.63, 3.8) is 0 Å². The van der Waals surface area contributed by atoms with Crippen molar-refractivity contribution in [2.24, 2.45) is 50.2 Å². The Morgan fingerprint density at radius 2 is 0.443 bits per heavy atom. The van der Waals surface area contributed by atoms with E-state index in [2.05, 4.69) is 78.3 Å². The quantitative estimate of drug-likeness (QED) is 0.0227. The molecule has 0 aromatic carbocycles. The van der Waals surface area contributed by atoms with E-state index >= 15 is 0 Å². The second-order valence-electron chi connectivity index (χ2n) is 36.5. The molecule has 3 N–H and O–H groups in total. The van der Waals surface area contributed by atoms with Gasteiger partial charge < -0.3 is 44.4 Å². The maximum Gasteiger partial charge on any atom is 0.410 e. The average molecular weight is 1360 g/mol. The van der Waals surface area contributed by atoms with Crippen molar-refractivity contribution >= 4 is 36.2 Å². The number of hydrogen-bond acceptors (Lipinski definition) is 12. The summed E-state index contributed by atoms with van der Waals surface area (Å²) >= 11 is 0. The van der Waals surface area contributed by atoms with E-state index in [1.807, 2.05) is 0 Å². The van der Waals surface area contributed by atoms with Crippen molar-refractivity contribution in [3.05, 3.63) is 0 Å². The van der Waals surface area contributed by atoms with E-state index in [4.69, 9.17) is 28.4 Å². The van der Waals surface area contributed by atoms with Crippen molar-refractivity contribution in [3.8, 4) is 0 Å². The van der Waals surface area contributed by atoms with Crippen molar-refractivity contribution in [2.45, 2.75) is 413 Å². The lowest BCUT2D eigenvalue weighted by Crippen LogP contribution is -2.65. The minimum Gasteiger partial charge on any atom is -0.428 e. The minimum absolute atomic E-state index is 0.136. The van der Waals surface area contributed by atoms with Gasteiger partial charge in [-0.15, -0.1) is 0 Å². The summed E-state index contributed by atoms with van der Waals surface area (Å²) in [4.78, 5) is 73.0. The van der Waals surface area contributed by atoms with Crippen molar-refractivity contribution in [2.75, 3.05) is 20.4 Å². The van der Waals surface area contributed by atoms with Crippen molar-refractivity contribution in [1.82, 2.24) is 16.0 Å². The number of carbonyl (C=O) groups is 6. The van der Waals surface area contributed by atoms with Gasteiger partial charge in [0.05, 0.1) is 0 Å². The molecule has 12 aliphatic carbocycles. The lowest BCUT2D eigenvalue weighted by molar-refractivity contribution is -0.154. The summed E-state index contributed by atoms with van der Waals surface area (Å²) in [6.45, 7) is 20.1. The van der Waals surface area contributed by atoms with Gasteiger partial charge in [-0.3, -0.25) is 14.4 Å². The Balaban J connectivity index is 0.000000207. The van der Waals surface area contributed by atoms with Crippen LogP contribution in [0.1, 0.15) is 396 Å². The largest absolute Gasteiger partial charge is 0.428 e. The zero-order chi connectivity index (χ0) is 70.0. The molecule has 12 fully saturated rings. The van der Waals surface area contributed by atoms with Crippen LogP contribution in [0.5, 0.6) is 0 Å². The number of nitrogens with one attached hydrogen (secondary N) is 3. The van der Waals surface area contributed by atoms with Crippen LogP contribution in [0, 0.1) is 50.2 Å². The van der Waals surface area contributed by atoms with Gasteiger partial charge in [0.15, 0.2) is 0 Å². The molecular formula is C82H143N3O12. The van der Waals surface area contributed by atoms with E-state index < -0.39 is 18.3 Å². The number of amides is 3. The highest BCUT2D eigenvalue weighted by Gasteiger charge is 2.63. The van der Waals surface area contributed by atoms with Gasteiger partial charge in [0.2, 0.25) is 20.4 Å². The maximum absolute atomic E-state index is 12.5. The highest BCUT2D eigenvalue weighted by atomic mass is 16.7. The Bertz CT molecular complexity index is 2380. The lowest BCUT2D eigenvalue weighted by atomic mass is 9.43. The summed E-state index contributed by atoms with van der Waals surface area (Å²) < 4.78 is 31.0. The number of hydrogen-bond donors (Lipinski definition) is 3. The average Bonchev–Trinajstić information content (AvgIpc) is 0.732. The molecule has 12 aliphatic rings. The van der Waals surface area contributed by atoms with Crippen LogP contribution in [0.4, 0.5) is 14.4 Å². The SMILES string of the molecule is CCCCCCCC(=O)OCOC(=O)NC12CC3CC(C)(CC(C)(C3)C1)C2.CCCCCCCCCCCCCC(=O)OCOC(=O)NC12CC3CC(C)(CC(C)(C3)C1)C2.CCCCCCCCCCCCCCCCCC(=O)OCOC(=O)NC12CC3CC(C)(CC(C)(C3)C1)C2. The fourth-order valence-corrected chi connectivity index (χ4v) is 23.6. The third-order valence-corrected chi connectivity index (χ3v) is 24.7. The maximum atomic E-state index is 12.5. The van der Waals surface area contributed by atoms with Crippen LogP contribution < -0.4 is 16.0 Å². The Morgan fingerprint density at radius 3 is 0.629 bits per heavy atom. The van der Waals surface area contributed by atoms with E-state index in [-0.39, 0.29) is 54.9 Å². The zero-order valence-corrected chi connectivity index (χ0v) is 63.5. The molecule has 12 saturated carbocycles. The van der Waals surface area contributed by atoms with Crippen LogP contribution in [0.25, 0.3) is 0 Å². The van der Waals surface area contributed by atoms with Gasteiger partial charge in [-0.25, -0.2) is 14.4 Å². The van der Waals surface area contributed by atoms with E-state index in [0.717, 1.165) is 103 Å². The molecule has 3 amide bonds. The van der Waals surface area contributed by atoms with Gasteiger partial charge in [0.25, 0.3) is 0 Å². The minimum atomic E-state index is -0.445. The molecule has 6 unspecified atom stereocenters. The standard InChI is InChI=1S/C32H57NO4.C28H49NO4.C22H37NO4/c1-4-5-6-7-8-9-10-11-12-13-14-15-16-17-18-19-28(34)36-26-37-29(35)33-32-22-27-20-30(2,24-32)23-31(3,21-27)25-32;1-4-5-6-7-8-9-10-11-12-13-14-15-24(30)32-22-33-25(31)29-28-18-23-16-26(2,20-28)19-27(3,17-23)21-28;1-4-5-6-7-8-9-18(24)26-16-27-19(25)23-22-12-17-10-20(2,14-22)13-21(3,11-17)15-22/h27H,4-26H2,1-3H3,(H,33,35);23H,4-22H2,1-3H3,(H,29,31);17H,4-16H2,1-3H3,(H,23,25). The first-order valence-corrected chi connectivity index (χ1v) is 40.6. The number of carbonyl (C=O) groups excluding carboxylic acids is 6. The lowest BCUT2D eigenvalue weighted by Gasteiger charge is -2.65. The third kappa shape index (κ3) is 27.5. The Kier molecular flexibility index (Phi) is 31.9. The number of rotatable bonds is 43. The molecule has 0 heterocycles. The van der Waals surface area contributed by atoms with Crippen LogP contribution in [0.3, 0.4) is 0 Å². The van der Waals surface area contributed by atoms with Gasteiger partial charge in [-0.1, -0.05) is 242 Å². The topological polar surface area (TPSA) is 194 Å². The molecule has 12 bridgehead atoms. The molecule has 0 spiro atoms. The normalized spacial score (nSPS) is 32.4. The van der Waals surface area contributed by atoms with E-state index in [1.165, 1.54) is 212 Å². The van der Waals surface area contributed by atoms with E-state index in [9.17, 15) is 28.8 Å². The first-order chi connectivity index (χ1) is 46.3. The summed E-state index contributed by atoms with van der Waals surface area (Å²) in [5.41, 5.74) is 1.60. The molecule has 0 saturated heterocycles. The van der Waals surface area contributed by atoms with Crippen molar-refractivity contribution < 1.29 is 57.2 Å². The molecule has 15 nitrogen and oxygen atoms in total. The molecule has 558 valence electrons. The highest BCUT2D eigenvalue weighted by Crippen LogP contribution is 2.69. The van der Waals surface area contributed by atoms with Crippen LogP contribution >= 0.6 is 0 Å². The Labute approximate surface area is 590 Å². The molecular weight excluding hydrogens is 1220 g/mol. The summed E-state index contributed by atoms with van der Waals surface area (Å²) in [5, 5.41) is 9.55. The number of unbranched alkanes of at least 4 members (excludes halogenated alkanes) is 28. The molecule has 15 heteroatoms. The molecule has 6 atom stereocenters. The molecule has 0 radical (unpaired) electrons. The smallest absolute Gasteiger partial charge is 0.410 e. The monoisotopic (exact) mass is 1360 g/mol. The van der Waals surface area contributed by atoms with Gasteiger partial charge in [0.1, 0.15) is 0 Å². The van der Waals surface area contributed by atoms with Crippen LogP contribution in [0.15, 0.2) is 0 Å². The molecule has 0 aliphatic heterocycles. The van der Waals surface area contributed by atoms with E-state index in [1.54, 1.807) is 0 Å². The summed E-state index contributed by atoms with van der Waals surface area (Å²) in [5.74, 6) is 1.31. The highest BCUT2D eigenvalue weighted by molar-refractivity contribution is 5.72. The summed E-state index contributed by atoms with van der Waals surface area (Å²) in [6, 6.07) is 0. The van der Waals surface area contributed by atoms with Crippen LogP contribution in [-0.2, 0) is 42.8 Å². The number of alkyl carbamates (subject to hydrolysis) is 3. The van der Waals surface area contributed by atoms with E-state index in [0.29, 0.717) is 69.5 Å². The first kappa shape index (κ1) is 80.5. The Morgan fingerprint density at radius 1 is 0.258 bits per heavy atom. The molecule has 0 aromatic rings. The van der Waals surface area contributed by atoms with Gasteiger partial charge in [-0.2, -0.15) is 0 Å². The Hall–Kier alpha value is -3.78. The number of esters is 3. The summed E-state index contributed by atoms with van der Waals surface area (Å²) in [7, 11) is 0. The molecule has 12 rings (SSSR count). The summed E-state index contributed by atoms with van der Waals surface area (Å²) in [6.07, 6.45) is 59.7. The first-order valence-electron chi connectivity index (χ1n) is 40.6. The van der Waals surface area contributed by atoms with Crippen LogP contribution in [0.2, 0.25) is 0 Å². The number of ether oxygens (including phenoxy) is 6. The van der Waals surface area contributed by atoms with Crippen LogP contribution in [-0.4, -0.2) is 73.2 Å². The van der Waals surface area contributed by atoms with Gasteiger partial charge >= 0.3 is 36.2 Å². The molecule has 97 heavy (non-hydrogen) atoms. The third-order valence-electron chi connectivity index (χ3n) is 24.7. The second kappa shape index (κ2) is 38.5.